The van der Waals surface area contributed by atoms with E-state index in [0.29, 0.717) is 12.8 Å². The molecule has 5 nitrogen and oxygen atoms in total. The van der Waals surface area contributed by atoms with Gasteiger partial charge >= 0.3 is 0 Å². The molecule has 1 aromatic heterocycles. The van der Waals surface area contributed by atoms with Gasteiger partial charge in [0.15, 0.2) is 0 Å². The Morgan fingerprint density at radius 1 is 1.56 bits per heavy atom. The molecule has 6 heteroatoms. The molecule has 0 radical (unpaired) electrons. The van der Waals surface area contributed by atoms with Crippen LogP contribution in [0.3, 0.4) is 0 Å². The predicted octanol–water partition coefficient (Wildman–Crippen LogP) is 0.521. The first-order chi connectivity index (χ1) is 7.56. The number of hydrogen-bond acceptors (Lipinski definition) is 4. The average Bonchev–Trinajstić information content (AvgIpc) is 2.30. The molecule has 1 unspecified atom stereocenters. The van der Waals surface area contributed by atoms with Crippen molar-refractivity contribution in [1.29, 1.82) is 0 Å². The van der Waals surface area contributed by atoms with Gasteiger partial charge in [0.2, 0.25) is 10.0 Å². The van der Waals surface area contributed by atoms with Gasteiger partial charge in [-0.3, -0.25) is 4.98 Å². The van der Waals surface area contributed by atoms with Crippen LogP contribution in [0.4, 0.5) is 0 Å². The largest absolute Gasteiger partial charge is 0.393 e. The van der Waals surface area contributed by atoms with Gasteiger partial charge in [0.05, 0.1) is 6.10 Å². The molecule has 1 atom stereocenters. The van der Waals surface area contributed by atoms with E-state index < -0.39 is 16.1 Å². The van der Waals surface area contributed by atoms with E-state index in [0.717, 1.165) is 0 Å². The molecule has 16 heavy (non-hydrogen) atoms. The van der Waals surface area contributed by atoms with E-state index in [2.05, 4.69) is 9.71 Å². The zero-order chi connectivity index (χ0) is 12.0. The zero-order valence-electron chi connectivity index (χ0n) is 9.13. The van der Waals surface area contributed by atoms with Gasteiger partial charge in [-0.15, -0.1) is 0 Å². The van der Waals surface area contributed by atoms with Crippen LogP contribution < -0.4 is 4.72 Å². The van der Waals surface area contributed by atoms with Crippen molar-refractivity contribution in [3.63, 3.8) is 0 Å². The molecule has 0 aromatic carbocycles. The predicted molar refractivity (Wildman–Crippen MR) is 60.3 cm³/mol. The normalized spacial score (nSPS) is 13.6. The van der Waals surface area contributed by atoms with Crippen molar-refractivity contribution in [2.45, 2.75) is 30.8 Å². The lowest BCUT2D eigenvalue weighted by atomic mass is 10.2. The summed E-state index contributed by atoms with van der Waals surface area (Å²) >= 11 is 0. The molecule has 0 bridgehead atoms. The second-order valence-electron chi connectivity index (χ2n) is 3.44. The lowest BCUT2D eigenvalue weighted by Crippen LogP contribution is -2.27. The third-order valence-corrected chi connectivity index (χ3v) is 3.63. The number of nitrogens with one attached hydrogen (secondary N) is 1. The Kier molecular flexibility index (Phi) is 4.85. The number of hydrogen-bond donors (Lipinski definition) is 2. The number of sulfonamides is 1. The molecule has 0 spiro atoms. The van der Waals surface area contributed by atoms with Crippen molar-refractivity contribution in [2.75, 3.05) is 6.54 Å². The summed E-state index contributed by atoms with van der Waals surface area (Å²) in [5, 5.41) is 9.28. The summed E-state index contributed by atoms with van der Waals surface area (Å²) < 4.78 is 25.8. The average molecular weight is 244 g/mol. The van der Waals surface area contributed by atoms with Gasteiger partial charge in [0.1, 0.15) is 4.90 Å². The second kappa shape index (κ2) is 5.93. The molecule has 0 saturated heterocycles. The third-order valence-electron chi connectivity index (χ3n) is 2.19. The fraction of sp³-hybridized carbons (Fsp3) is 0.500. The quantitative estimate of drug-likeness (QED) is 0.764. The first-order valence-corrected chi connectivity index (χ1v) is 6.62. The Labute approximate surface area is 95.6 Å². The summed E-state index contributed by atoms with van der Waals surface area (Å²) in [6.07, 6.45) is 3.37. The first-order valence-electron chi connectivity index (χ1n) is 5.14. The Morgan fingerprint density at radius 2 is 2.31 bits per heavy atom. The van der Waals surface area contributed by atoms with Crippen molar-refractivity contribution in [1.82, 2.24) is 9.71 Å². The number of rotatable bonds is 6. The minimum Gasteiger partial charge on any atom is -0.393 e. The van der Waals surface area contributed by atoms with Crippen LogP contribution in [0.2, 0.25) is 0 Å². The summed E-state index contributed by atoms with van der Waals surface area (Å²) in [5.41, 5.74) is 0. The van der Waals surface area contributed by atoms with Gasteiger partial charge in [0.25, 0.3) is 0 Å². The minimum atomic E-state index is -3.49. The van der Waals surface area contributed by atoms with Gasteiger partial charge < -0.3 is 5.11 Å². The molecule has 0 amide bonds. The van der Waals surface area contributed by atoms with E-state index in [9.17, 15) is 13.5 Å². The Morgan fingerprint density at radius 3 is 2.88 bits per heavy atom. The van der Waals surface area contributed by atoms with Crippen LogP contribution in [0.5, 0.6) is 0 Å². The molecule has 2 N–H and O–H groups in total. The van der Waals surface area contributed by atoms with Crippen LogP contribution in [-0.4, -0.2) is 31.2 Å². The van der Waals surface area contributed by atoms with Crippen LogP contribution in [0.15, 0.2) is 29.4 Å². The van der Waals surface area contributed by atoms with Crippen molar-refractivity contribution in [2.24, 2.45) is 0 Å². The van der Waals surface area contributed by atoms with Crippen molar-refractivity contribution in [3.8, 4) is 0 Å². The molecule has 1 rings (SSSR count). The van der Waals surface area contributed by atoms with Gasteiger partial charge in [0, 0.05) is 18.9 Å². The van der Waals surface area contributed by atoms with E-state index in [1.807, 2.05) is 6.92 Å². The van der Waals surface area contributed by atoms with Crippen molar-refractivity contribution in [3.05, 3.63) is 24.5 Å². The van der Waals surface area contributed by atoms with E-state index in [1.54, 1.807) is 6.07 Å². The standard InChI is InChI=1S/C10H16N2O3S/c1-2-9(13)5-7-12-16(14,15)10-4-3-6-11-8-10/h3-4,6,8-9,12-13H,2,5,7H2,1H3. The Balaban J connectivity index is 2.54. The molecule has 0 aliphatic carbocycles. The highest BCUT2D eigenvalue weighted by atomic mass is 32.2. The lowest BCUT2D eigenvalue weighted by molar-refractivity contribution is 0.162. The first kappa shape index (κ1) is 13.1. The summed E-state index contributed by atoms with van der Waals surface area (Å²) in [5.74, 6) is 0. The van der Waals surface area contributed by atoms with Crippen molar-refractivity contribution < 1.29 is 13.5 Å². The number of aliphatic hydroxyl groups is 1. The topological polar surface area (TPSA) is 79.3 Å². The van der Waals surface area contributed by atoms with Gasteiger partial charge in [-0.2, -0.15) is 0 Å². The molecule has 0 aliphatic heterocycles. The number of aliphatic hydroxyl groups excluding tert-OH is 1. The zero-order valence-corrected chi connectivity index (χ0v) is 9.94. The summed E-state index contributed by atoms with van der Waals surface area (Å²) in [6.45, 7) is 2.08. The third kappa shape index (κ3) is 3.88. The van der Waals surface area contributed by atoms with Crippen LogP contribution >= 0.6 is 0 Å². The van der Waals surface area contributed by atoms with Crippen LogP contribution in [0, 0.1) is 0 Å². The SMILES string of the molecule is CCC(O)CCNS(=O)(=O)c1cccnc1. The molecule has 1 heterocycles. The fourth-order valence-electron chi connectivity index (χ4n) is 1.15. The van der Waals surface area contributed by atoms with Crippen molar-refractivity contribution >= 4 is 10.0 Å². The maximum atomic E-state index is 11.7. The maximum absolute atomic E-state index is 11.7. The monoisotopic (exact) mass is 244 g/mol. The van der Waals surface area contributed by atoms with E-state index >= 15 is 0 Å². The Bertz CT molecular complexity index is 405. The van der Waals surface area contributed by atoms with E-state index in [4.69, 9.17) is 0 Å². The van der Waals surface area contributed by atoms with Gasteiger partial charge in [-0.1, -0.05) is 6.92 Å². The lowest BCUT2D eigenvalue weighted by Gasteiger charge is -2.09. The summed E-state index contributed by atoms with van der Waals surface area (Å²) in [6, 6.07) is 3.04. The van der Waals surface area contributed by atoms with Crippen LogP contribution in [-0.2, 0) is 10.0 Å². The Hall–Kier alpha value is -0.980. The number of pyridine rings is 1. The highest BCUT2D eigenvalue weighted by Crippen LogP contribution is 2.05. The maximum Gasteiger partial charge on any atom is 0.242 e. The minimum absolute atomic E-state index is 0.140. The van der Waals surface area contributed by atoms with E-state index in [1.165, 1.54) is 18.5 Å². The highest BCUT2D eigenvalue weighted by molar-refractivity contribution is 7.89. The second-order valence-corrected chi connectivity index (χ2v) is 5.20. The highest BCUT2D eigenvalue weighted by Gasteiger charge is 2.13. The van der Waals surface area contributed by atoms with Crippen LogP contribution in [0.1, 0.15) is 19.8 Å². The molecule has 0 fully saturated rings. The summed E-state index contributed by atoms with van der Waals surface area (Å²) in [7, 11) is -3.49. The van der Waals surface area contributed by atoms with Crippen LogP contribution in [0.25, 0.3) is 0 Å². The molecule has 0 saturated carbocycles. The molecule has 0 aliphatic rings. The summed E-state index contributed by atoms with van der Waals surface area (Å²) in [4.78, 5) is 3.88. The van der Waals surface area contributed by atoms with E-state index in [-0.39, 0.29) is 11.4 Å². The molecule has 90 valence electrons. The molecule has 1 aromatic rings. The molecular formula is C10H16N2O3S. The van der Waals surface area contributed by atoms with Gasteiger partial charge in [-0.25, -0.2) is 13.1 Å². The number of nitrogens with zero attached hydrogens (tertiary/aromatic N) is 1. The number of aromatic nitrogens is 1. The molecular weight excluding hydrogens is 228 g/mol. The smallest absolute Gasteiger partial charge is 0.242 e. The van der Waals surface area contributed by atoms with Gasteiger partial charge in [-0.05, 0) is 25.0 Å². The fourth-order valence-corrected chi connectivity index (χ4v) is 2.16.